The molecular weight excluding hydrogens is 436 g/mol. The van der Waals surface area contributed by atoms with Crippen molar-refractivity contribution in [3.8, 4) is 5.75 Å². The minimum Gasteiger partial charge on any atom is -0.450 e. The summed E-state index contributed by atoms with van der Waals surface area (Å²) >= 11 is 3.61. The molecule has 2 nitrogen and oxygen atoms in total. The summed E-state index contributed by atoms with van der Waals surface area (Å²) in [6.07, 6.45) is 16.6. The van der Waals surface area contributed by atoms with Gasteiger partial charge in [0.1, 0.15) is 5.75 Å². The van der Waals surface area contributed by atoms with Gasteiger partial charge >= 0.3 is 0 Å². The minimum atomic E-state index is 0.392. The summed E-state index contributed by atoms with van der Waals surface area (Å²) in [7, 11) is 1.92. The Morgan fingerprint density at radius 1 is 1.17 bits per heavy atom. The molecular formula is C27H39BrO2. The number of aryl methyl sites for hydroxylation is 1. The number of methoxy groups -OCH3 is 1. The van der Waals surface area contributed by atoms with Crippen LogP contribution in [0.3, 0.4) is 0 Å². The molecule has 0 spiro atoms. The van der Waals surface area contributed by atoms with Crippen LogP contribution in [0.1, 0.15) is 95.1 Å². The predicted octanol–water partition coefficient (Wildman–Crippen LogP) is 8.14. The summed E-state index contributed by atoms with van der Waals surface area (Å²) in [5.41, 5.74) is 3.51. The van der Waals surface area contributed by atoms with Crippen molar-refractivity contribution in [1.29, 1.82) is 0 Å². The highest BCUT2D eigenvalue weighted by molar-refractivity contribution is 9.11. The van der Waals surface area contributed by atoms with Crippen molar-refractivity contribution in [3.05, 3.63) is 40.1 Å². The van der Waals surface area contributed by atoms with Crippen molar-refractivity contribution in [3.63, 3.8) is 0 Å². The van der Waals surface area contributed by atoms with Gasteiger partial charge in [0.15, 0.2) is 4.67 Å². The number of benzene rings is 1. The summed E-state index contributed by atoms with van der Waals surface area (Å²) in [4.78, 5) is 0. The summed E-state index contributed by atoms with van der Waals surface area (Å²) in [5.74, 6) is 3.37. The summed E-state index contributed by atoms with van der Waals surface area (Å²) < 4.78 is 12.9. The standard InChI is InChI=1S/C27H39BrO2/c1-4-5-6-7-8-9-26(28)30-20-11-13-21-19(18-20)10-12-23-22(21)16-17-27(2)24(23)14-15-25(27)29-3/h9,11,13,18,22-25H,4-8,10,12,14-17H2,1-3H3/b26-9+/t22-,23+,24+,25-,27-/m0/s1. The van der Waals surface area contributed by atoms with Crippen molar-refractivity contribution in [2.45, 2.75) is 96.5 Å². The van der Waals surface area contributed by atoms with Gasteiger partial charge in [-0.25, -0.2) is 0 Å². The fraction of sp³-hybridized carbons (Fsp3) is 0.704. The number of rotatable bonds is 8. The number of fused-ring (bicyclic) bond motifs is 5. The van der Waals surface area contributed by atoms with Gasteiger partial charge < -0.3 is 9.47 Å². The molecule has 2 fully saturated rings. The second kappa shape index (κ2) is 9.77. The summed E-state index contributed by atoms with van der Waals surface area (Å²) in [5, 5.41) is 0. The monoisotopic (exact) mass is 474 g/mol. The third kappa shape index (κ3) is 4.39. The Labute approximate surface area is 191 Å². The van der Waals surface area contributed by atoms with Gasteiger partial charge in [-0.3, -0.25) is 0 Å². The van der Waals surface area contributed by atoms with E-state index in [0.29, 0.717) is 11.5 Å². The molecule has 4 rings (SSSR count). The van der Waals surface area contributed by atoms with Gasteiger partial charge in [-0.2, -0.15) is 0 Å². The van der Waals surface area contributed by atoms with E-state index in [1.54, 1.807) is 5.56 Å². The van der Waals surface area contributed by atoms with Crippen LogP contribution in [-0.4, -0.2) is 13.2 Å². The maximum Gasteiger partial charge on any atom is 0.165 e. The van der Waals surface area contributed by atoms with Crippen LogP contribution < -0.4 is 4.74 Å². The molecule has 1 aromatic rings. The van der Waals surface area contributed by atoms with Gasteiger partial charge in [-0.05, 0) is 120 Å². The first kappa shape index (κ1) is 22.4. The molecule has 0 heterocycles. The number of unbranched alkanes of at least 4 members (excludes halogenated alkanes) is 4. The SMILES string of the molecule is CCCCCC/C=C(\Br)Oc1ccc2c(c1)CC[C@H]1[C@H]3CC[C@H](OC)[C@@]3(C)CC[C@@H]21. The van der Waals surface area contributed by atoms with E-state index < -0.39 is 0 Å². The largest absolute Gasteiger partial charge is 0.450 e. The Kier molecular flexibility index (Phi) is 7.30. The first-order valence-corrected chi connectivity index (χ1v) is 13.0. The molecule has 0 radical (unpaired) electrons. The van der Waals surface area contributed by atoms with E-state index in [0.717, 1.165) is 34.6 Å². The van der Waals surface area contributed by atoms with Gasteiger partial charge in [0.25, 0.3) is 0 Å². The molecule has 0 aliphatic heterocycles. The molecule has 3 aliphatic carbocycles. The number of ether oxygens (including phenoxy) is 2. The van der Waals surface area contributed by atoms with Crippen LogP contribution >= 0.6 is 15.9 Å². The molecule has 0 aromatic heterocycles. The summed E-state index contributed by atoms with van der Waals surface area (Å²) in [6.45, 7) is 4.76. The normalized spacial score (nSPS) is 33.0. The van der Waals surface area contributed by atoms with Crippen LogP contribution in [0.4, 0.5) is 0 Å². The van der Waals surface area contributed by atoms with Crippen LogP contribution in [0, 0.1) is 17.3 Å². The predicted molar refractivity (Wildman–Crippen MR) is 128 cm³/mol. The van der Waals surface area contributed by atoms with Crippen LogP contribution in [0.2, 0.25) is 0 Å². The average molecular weight is 476 g/mol. The van der Waals surface area contributed by atoms with Crippen molar-refractivity contribution in [2.24, 2.45) is 17.3 Å². The van der Waals surface area contributed by atoms with Crippen molar-refractivity contribution in [1.82, 2.24) is 0 Å². The lowest BCUT2D eigenvalue weighted by Gasteiger charge is -2.50. The fourth-order valence-electron chi connectivity index (χ4n) is 6.90. The van der Waals surface area contributed by atoms with Gasteiger partial charge in [0.05, 0.1) is 6.10 Å². The van der Waals surface area contributed by atoms with Crippen LogP contribution in [0.25, 0.3) is 0 Å². The van der Waals surface area contributed by atoms with Crippen LogP contribution in [0.5, 0.6) is 5.75 Å². The van der Waals surface area contributed by atoms with E-state index in [4.69, 9.17) is 9.47 Å². The molecule has 3 aliphatic rings. The maximum atomic E-state index is 6.10. The topological polar surface area (TPSA) is 18.5 Å². The third-order valence-corrected chi connectivity index (χ3v) is 8.96. The highest BCUT2D eigenvalue weighted by Crippen LogP contribution is 2.61. The lowest BCUT2D eigenvalue weighted by Crippen LogP contribution is -2.44. The minimum absolute atomic E-state index is 0.392. The number of halogens is 1. The summed E-state index contributed by atoms with van der Waals surface area (Å²) in [6, 6.07) is 6.86. The fourth-order valence-corrected chi connectivity index (χ4v) is 7.32. The van der Waals surface area contributed by atoms with Crippen molar-refractivity contribution >= 4 is 15.9 Å². The molecule has 1 aromatic carbocycles. The lowest BCUT2D eigenvalue weighted by atomic mass is 9.55. The maximum absolute atomic E-state index is 6.10. The first-order chi connectivity index (χ1) is 14.6. The zero-order valence-corrected chi connectivity index (χ0v) is 20.7. The Hall–Kier alpha value is -0.800. The van der Waals surface area contributed by atoms with E-state index in [-0.39, 0.29) is 0 Å². The smallest absolute Gasteiger partial charge is 0.165 e. The zero-order valence-electron chi connectivity index (χ0n) is 19.1. The molecule has 0 N–H and O–H groups in total. The molecule has 3 heteroatoms. The van der Waals surface area contributed by atoms with Crippen molar-refractivity contribution < 1.29 is 9.47 Å². The lowest BCUT2D eigenvalue weighted by molar-refractivity contribution is -0.0444. The Bertz CT molecular complexity index is 757. The highest BCUT2D eigenvalue weighted by atomic mass is 79.9. The average Bonchev–Trinajstić information content (AvgIpc) is 3.09. The molecule has 0 amide bonds. The van der Waals surface area contributed by atoms with Crippen LogP contribution in [0.15, 0.2) is 28.9 Å². The van der Waals surface area contributed by atoms with E-state index in [2.05, 4.69) is 54.1 Å². The zero-order chi connectivity index (χ0) is 21.1. The first-order valence-electron chi connectivity index (χ1n) is 12.3. The molecule has 0 saturated heterocycles. The van der Waals surface area contributed by atoms with Gasteiger partial charge in [-0.15, -0.1) is 0 Å². The quantitative estimate of drug-likeness (QED) is 0.279. The van der Waals surface area contributed by atoms with E-state index in [1.165, 1.54) is 69.8 Å². The molecule has 5 atom stereocenters. The second-order valence-electron chi connectivity index (χ2n) is 10.1. The second-order valence-corrected chi connectivity index (χ2v) is 10.9. The molecule has 166 valence electrons. The van der Waals surface area contributed by atoms with E-state index in [9.17, 15) is 0 Å². The Balaban J connectivity index is 1.42. The van der Waals surface area contributed by atoms with E-state index in [1.807, 2.05) is 7.11 Å². The Morgan fingerprint density at radius 2 is 2.03 bits per heavy atom. The van der Waals surface area contributed by atoms with E-state index >= 15 is 0 Å². The van der Waals surface area contributed by atoms with Gasteiger partial charge in [-0.1, -0.05) is 39.2 Å². The molecule has 30 heavy (non-hydrogen) atoms. The molecule has 0 bridgehead atoms. The third-order valence-electron chi connectivity index (χ3n) is 8.47. The molecule has 0 unspecified atom stereocenters. The number of hydrogen-bond acceptors (Lipinski definition) is 2. The molecule has 2 saturated carbocycles. The number of hydrogen-bond donors (Lipinski definition) is 0. The Morgan fingerprint density at radius 3 is 2.83 bits per heavy atom. The van der Waals surface area contributed by atoms with Crippen LogP contribution in [-0.2, 0) is 11.2 Å². The van der Waals surface area contributed by atoms with Crippen molar-refractivity contribution in [2.75, 3.05) is 7.11 Å². The number of allylic oxidation sites excluding steroid dienone is 1. The highest BCUT2D eigenvalue weighted by Gasteiger charge is 2.54. The van der Waals surface area contributed by atoms with Gasteiger partial charge in [0.2, 0.25) is 0 Å². The van der Waals surface area contributed by atoms with Gasteiger partial charge in [0, 0.05) is 7.11 Å².